The number of amides is 1. The van der Waals surface area contributed by atoms with E-state index in [1.807, 2.05) is 36.6 Å². The van der Waals surface area contributed by atoms with E-state index < -0.39 is 10.0 Å². The fourth-order valence-corrected chi connectivity index (χ4v) is 6.62. The summed E-state index contributed by atoms with van der Waals surface area (Å²) in [4.78, 5) is 17.6. The number of carbonyl (C=O) groups is 1. The van der Waals surface area contributed by atoms with Crippen LogP contribution in [0.25, 0.3) is 10.6 Å². The summed E-state index contributed by atoms with van der Waals surface area (Å²) in [6, 6.07) is 12.7. The quantitative estimate of drug-likeness (QED) is 0.478. The number of aryl methyl sites for hydroxylation is 1. The van der Waals surface area contributed by atoms with Crippen molar-refractivity contribution in [1.82, 2.24) is 9.29 Å². The zero-order chi connectivity index (χ0) is 24.1. The Morgan fingerprint density at radius 3 is 2.68 bits per heavy atom. The Hall–Kier alpha value is -2.75. The second-order valence-electron chi connectivity index (χ2n) is 8.24. The van der Waals surface area contributed by atoms with Crippen molar-refractivity contribution < 1.29 is 17.9 Å². The minimum absolute atomic E-state index is 0.0926. The number of anilines is 1. The molecule has 4 rings (SSSR count). The number of hydrogen-bond donors (Lipinski definition) is 1. The SMILES string of the molecule is CCOc1ccccc1-c1nc(CC(=O)Nc2ccc(C)c(S(=O)(=O)N3CCCCC3)c2)cs1. The van der Waals surface area contributed by atoms with Crippen molar-refractivity contribution in [2.75, 3.05) is 25.0 Å². The van der Waals surface area contributed by atoms with Crippen LogP contribution in [0.5, 0.6) is 5.75 Å². The van der Waals surface area contributed by atoms with Gasteiger partial charge in [-0.25, -0.2) is 13.4 Å². The maximum atomic E-state index is 13.1. The molecule has 1 N–H and O–H groups in total. The zero-order valence-electron chi connectivity index (χ0n) is 19.4. The number of thiazole rings is 1. The Kier molecular flexibility index (Phi) is 7.65. The predicted molar refractivity (Wildman–Crippen MR) is 135 cm³/mol. The Bertz CT molecular complexity index is 1260. The molecule has 1 aromatic heterocycles. The van der Waals surface area contributed by atoms with Gasteiger partial charge in [0.2, 0.25) is 15.9 Å². The van der Waals surface area contributed by atoms with E-state index in [1.165, 1.54) is 11.3 Å². The number of hydrogen-bond acceptors (Lipinski definition) is 6. The first-order valence-electron chi connectivity index (χ1n) is 11.5. The van der Waals surface area contributed by atoms with Crippen molar-refractivity contribution >= 4 is 33.0 Å². The number of nitrogens with one attached hydrogen (secondary N) is 1. The van der Waals surface area contributed by atoms with Gasteiger partial charge in [0.05, 0.1) is 29.2 Å². The Morgan fingerprint density at radius 2 is 1.91 bits per heavy atom. The third kappa shape index (κ3) is 5.48. The summed E-state index contributed by atoms with van der Waals surface area (Å²) in [6.07, 6.45) is 2.89. The van der Waals surface area contributed by atoms with E-state index >= 15 is 0 Å². The van der Waals surface area contributed by atoms with Crippen LogP contribution in [0, 0.1) is 6.92 Å². The van der Waals surface area contributed by atoms with Gasteiger partial charge < -0.3 is 10.1 Å². The number of piperidine rings is 1. The maximum absolute atomic E-state index is 13.1. The van der Waals surface area contributed by atoms with E-state index in [0.717, 1.165) is 35.6 Å². The molecule has 0 unspecified atom stereocenters. The molecule has 1 aliphatic heterocycles. The van der Waals surface area contributed by atoms with Crippen molar-refractivity contribution in [3.8, 4) is 16.3 Å². The Morgan fingerprint density at radius 1 is 1.15 bits per heavy atom. The number of ether oxygens (including phenoxy) is 1. The molecule has 2 heterocycles. The second kappa shape index (κ2) is 10.7. The van der Waals surface area contributed by atoms with Gasteiger partial charge in [-0.3, -0.25) is 4.79 Å². The molecule has 0 radical (unpaired) electrons. The summed E-state index contributed by atoms with van der Waals surface area (Å²) in [6.45, 7) is 5.35. The van der Waals surface area contributed by atoms with Gasteiger partial charge >= 0.3 is 0 Å². The first-order chi connectivity index (χ1) is 16.4. The molecule has 0 spiro atoms. The molecule has 34 heavy (non-hydrogen) atoms. The van der Waals surface area contributed by atoms with Crippen LogP contribution in [0.4, 0.5) is 5.69 Å². The van der Waals surface area contributed by atoms with Gasteiger partial charge in [0.15, 0.2) is 0 Å². The van der Waals surface area contributed by atoms with Crippen LogP contribution < -0.4 is 10.1 Å². The lowest BCUT2D eigenvalue weighted by Gasteiger charge is -2.26. The van der Waals surface area contributed by atoms with Crippen LogP contribution in [0.2, 0.25) is 0 Å². The standard InChI is InChI=1S/C25H29N3O4S2/c1-3-32-22-10-6-5-9-21(22)25-27-20(17-33-25)16-24(29)26-19-12-11-18(2)23(15-19)34(30,31)28-13-7-4-8-14-28/h5-6,9-12,15,17H,3-4,7-8,13-14,16H2,1-2H3,(H,26,29). The number of sulfonamides is 1. The zero-order valence-corrected chi connectivity index (χ0v) is 21.0. The molecule has 1 saturated heterocycles. The summed E-state index contributed by atoms with van der Waals surface area (Å²) < 4.78 is 33.5. The Balaban J connectivity index is 1.47. The van der Waals surface area contributed by atoms with Gasteiger partial charge in [-0.05, 0) is 56.5 Å². The van der Waals surface area contributed by atoms with Gasteiger partial charge in [-0.15, -0.1) is 11.3 Å². The summed E-state index contributed by atoms with van der Waals surface area (Å²) >= 11 is 1.46. The summed E-state index contributed by atoms with van der Waals surface area (Å²) in [5.41, 5.74) is 2.67. The number of aromatic nitrogens is 1. The van der Waals surface area contributed by atoms with Crippen LogP contribution in [0.1, 0.15) is 37.4 Å². The lowest BCUT2D eigenvalue weighted by atomic mass is 10.2. The van der Waals surface area contributed by atoms with Gasteiger partial charge in [0.1, 0.15) is 10.8 Å². The van der Waals surface area contributed by atoms with Crippen LogP contribution in [-0.4, -0.2) is 43.3 Å². The minimum Gasteiger partial charge on any atom is -0.493 e. The molecule has 0 bridgehead atoms. The predicted octanol–water partition coefficient (Wildman–Crippen LogP) is 4.87. The lowest BCUT2D eigenvalue weighted by molar-refractivity contribution is -0.115. The smallest absolute Gasteiger partial charge is 0.243 e. The van der Waals surface area contributed by atoms with E-state index in [0.29, 0.717) is 36.6 Å². The van der Waals surface area contributed by atoms with Crippen LogP contribution in [-0.2, 0) is 21.2 Å². The molecule has 1 aliphatic rings. The van der Waals surface area contributed by atoms with E-state index in [4.69, 9.17) is 4.74 Å². The third-order valence-electron chi connectivity index (χ3n) is 5.72. The van der Waals surface area contributed by atoms with Crippen LogP contribution >= 0.6 is 11.3 Å². The summed E-state index contributed by atoms with van der Waals surface area (Å²) in [5.74, 6) is 0.512. The van der Waals surface area contributed by atoms with Crippen LogP contribution in [0.15, 0.2) is 52.7 Å². The maximum Gasteiger partial charge on any atom is 0.243 e. The van der Waals surface area contributed by atoms with E-state index in [2.05, 4.69) is 10.3 Å². The first-order valence-corrected chi connectivity index (χ1v) is 13.8. The molecular formula is C25H29N3O4S2. The van der Waals surface area contributed by atoms with Crippen molar-refractivity contribution in [3.05, 3.63) is 59.1 Å². The normalized spacial score (nSPS) is 14.6. The highest BCUT2D eigenvalue weighted by atomic mass is 32.2. The fourth-order valence-electron chi connectivity index (χ4n) is 4.01. The van der Waals surface area contributed by atoms with Crippen molar-refractivity contribution in [1.29, 1.82) is 0 Å². The number of benzene rings is 2. The highest BCUT2D eigenvalue weighted by Gasteiger charge is 2.27. The molecule has 7 nitrogen and oxygen atoms in total. The molecule has 180 valence electrons. The monoisotopic (exact) mass is 499 g/mol. The molecular weight excluding hydrogens is 470 g/mol. The van der Waals surface area contributed by atoms with E-state index in [9.17, 15) is 13.2 Å². The molecule has 0 saturated carbocycles. The second-order valence-corrected chi connectivity index (χ2v) is 11.0. The highest BCUT2D eigenvalue weighted by Crippen LogP contribution is 2.32. The van der Waals surface area contributed by atoms with Crippen LogP contribution in [0.3, 0.4) is 0 Å². The molecule has 0 aliphatic carbocycles. The molecule has 3 aromatic rings. The van der Waals surface area contributed by atoms with Crippen molar-refractivity contribution in [3.63, 3.8) is 0 Å². The number of para-hydroxylation sites is 1. The minimum atomic E-state index is -3.59. The average molecular weight is 500 g/mol. The highest BCUT2D eigenvalue weighted by molar-refractivity contribution is 7.89. The lowest BCUT2D eigenvalue weighted by Crippen LogP contribution is -2.36. The topological polar surface area (TPSA) is 88.6 Å². The van der Waals surface area contributed by atoms with E-state index in [1.54, 1.807) is 29.4 Å². The number of nitrogens with zero attached hydrogens (tertiary/aromatic N) is 2. The first kappa shape index (κ1) is 24.4. The summed E-state index contributed by atoms with van der Waals surface area (Å²) in [5, 5.41) is 5.48. The van der Waals surface area contributed by atoms with Gasteiger partial charge in [-0.2, -0.15) is 4.31 Å². The van der Waals surface area contributed by atoms with Gasteiger partial charge in [0.25, 0.3) is 0 Å². The molecule has 2 aromatic carbocycles. The van der Waals surface area contributed by atoms with Gasteiger partial charge in [-0.1, -0.05) is 24.6 Å². The van der Waals surface area contributed by atoms with Crippen molar-refractivity contribution in [2.45, 2.75) is 44.4 Å². The number of rotatable bonds is 8. The van der Waals surface area contributed by atoms with E-state index in [-0.39, 0.29) is 17.2 Å². The summed E-state index contributed by atoms with van der Waals surface area (Å²) in [7, 11) is -3.59. The fraction of sp³-hybridized carbons (Fsp3) is 0.360. The molecule has 0 atom stereocenters. The average Bonchev–Trinajstić information content (AvgIpc) is 3.29. The third-order valence-corrected chi connectivity index (χ3v) is 8.68. The largest absolute Gasteiger partial charge is 0.493 e. The Labute approximate surface area is 204 Å². The molecule has 1 fully saturated rings. The molecule has 9 heteroatoms. The van der Waals surface area contributed by atoms with Crippen molar-refractivity contribution in [2.24, 2.45) is 0 Å². The van der Waals surface area contributed by atoms with Gasteiger partial charge in [0, 0.05) is 24.2 Å². The number of carbonyl (C=O) groups excluding carboxylic acids is 1. The molecule has 1 amide bonds.